The lowest BCUT2D eigenvalue weighted by Gasteiger charge is -2.43. The second kappa shape index (κ2) is 14.9. The molecule has 0 aliphatic heterocycles. The number of benzene rings is 1. The number of nitrogens with zero attached hydrogens (tertiary/aromatic N) is 1. The van der Waals surface area contributed by atoms with Gasteiger partial charge in [0.15, 0.2) is 0 Å². The standard InChI is InChI=1S/C53H55N/c1-2-15-44-36-45(28-27-38(44)11-1)51(50-21-9-16-41-12-3-6-18-47(41)50)35-37-23-25-39(26-24-37)40-29-32-46(33-30-40)54(53-34-31-43-14-5-8-20-49(43)53)52-22-10-17-42-13-4-7-19-48(42)52/h1-2,4-9,11,14,16,18-23,25,27-29,31-32,42,44-45,49,51,53H,3,10,12-13,15,17,24,26,30,33-36H2. The maximum atomic E-state index is 2.80. The van der Waals surface area contributed by atoms with Crippen molar-refractivity contribution in [2.24, 2.45) is 23.7 Å². The van der Waals surface area contributed by atoms with E-state index in [1.165, 1.54) is 79.5 Å². The molecule has 6 atom stereocenters. The van der Waals surface area contributed by atoms with E-state index in [2.05, 4.69) is 145 Å². The van der Waals surface area contributed by atoms with Crippen LogP contribution in [0.25, 0.3) is 6.08 Å². The minimum atomic E-state index is 0.452. The minimum absolute atomic E-state index is 0.452. The van der Waals surface area contributed by atoms with E-state index >= 15 is 0 Å². The minimum Gasteiger partial charge on any atom is -0.341 e. The Hall–Kier alpha value is -4.62. The maximum absolute atomic E-state index is 2.80. The van der Waals surface area contributed by atoms with Crippen molar-refractivity contribution in [1.29, 1.82) is 0 Å². The molecule has 0 heterocycles. The number of hydrogen-bond acceptors (Lipinski definition) is 1. The Morgan fingerprint density at radius 2 is 1.56 bits per heavy atom. The lowest BCUT2D eigenvalue weighted by Crippen LogP contribution is -2.39. The summed E-state index contributed by atoms with van der Waals surface area (Å²) in [5, 5.41) is 0. The number of rotatable bonds is 8. The molecule has 9 aliphatic carbocycles. The van der Waals surface area contributed by atoms with Gasteiger partial charge >= 0.3 is 0 Å². The molecule has 1 aromatic rings. The van der Waals surface area contributed by atoms with E-state index in [0.717, 1.165) is 32.1 Å². The number of hydrogen-bond donors (Lipinski definition) is 0. The van der Waals surface area contributed by atoms with Crippen LogP contribution in [0.15, 0.2) is 178 Å². The highest BCUT2D eigenvalue weighted by Crippen LogP contribution is 2.48. The van der Waals surface area contributed by atoms with Crippen molar-refractivity contribution in [3.05, 3.63) is 195 Å². The third-order valence-corrected chi connectivity index (χ3v) is 14.1. The molecular formula is C53H55N. The molecule has 272 valence electrons. The molecule has 54 heavy (non-hydrogen) atoms. The summed E-state index contributed by atoms with van der Waals surface area (Å²) in [6.45, 7) is 0. The summed E-state index contributed by atoms with van der Waals surface area (Å²) in [7, 11) is 0. The highest BCUT2D eigenvalue weighted by Gasteiger charge is 2.38. The van der Waals surface area contributed by atoms with Crippen LogP contribution in [-0.4, -0.2) is 10.9 Å². The molecule has 0 spiro atoms. The summed E-state index contributed by atoms with van der Waals surface area (Å²) in [6.07, 6.45) is 63.6. The van der Waals surface area contributed by atoms with E-state index in [1.807, 2.05) is 0 Å². The number of aryl methyl sites for hydroxylation is 1. The Balaban J connectivity index is 0.922. The van der Waals surface area contributed by atoms with Crippen LogP contribution in [0.3, 0.4) is 0 Å². The van der Waals surface area contributed by atoms with Gasteiger partial charge in [0.1, 0.15) is 0 Å². The quantitative estimate of drug-likeness (QED) is 0.260. The van der Waals surface area contributed by atoms with Crippen LogP contribution >= 0.6 is 0 Å². The van der Waals surface area contributed by atoms with E-state index in [4.69, 9.17) is 0 Å². The SMILES string of the molecule is C1=CCC2CC(C(CC3=CC=C(C4=CC=C(N(C5=CCCC6CC=CC=C56)C5CC=C6C=CC=CC65)CC4)CC3)c3cccc4c3C=CCC4)C=CC2=C1. The summed E-state index contributed by atoms with van der Waals surface area (Å²) in [4.78, 5) is 2.80. The molecule has 0 bridgehead atoms. The molecule has 0 radical (unpaired) electrons. The molecule has 1 nitrogen and oxygen atoms in total. The highest BCUT2D eigenvalue weighted by molar-refractivity contribution is 5.62. The van der Waals surface area contributed by atoms with Gasteiger partial charge in [-0.15, -0.1) is 0 Å². The average molecular weight is 706 g/mol. The maximum Gasteiger partial charge on any atom is 0.0476 e. The first-order valence-corrected chi connectivity index (χ1v) is 21.3. The molecule has 0 saturated heterocycles. The van der Waals surface area contributed by atoms with E-state index in [1.54, 1.807) is 33.4 Å². The Labute approximate surface area is 324 Å². The van der Waals surface area contributed by atoms with Crippen molar-refractivity contribution < 1.29 is 0 Å². The first kappa shape index (κ1) is 33.9. The lowest BCUT2D eigenvalue weighted by molar-refractivity contribution is 0.273. The van der Waals surface area contributed by atoms with Gasteiger partial charge in [-0.05, 0) is 158 Å². The molecule has 0 saturated carbocycles. The fraction of sp³-hybridized carbons (Fsp3) is 0.358. The summed E-state index contributed by atoms with van der Waals surface area (Å²) in [6, 6.07) is 7.62. The molecule has 0 fully saturated rings. The van der Waals surface area contributed by atoms with Crippen LogP contribution in [0.4, 0.5) is 0 Å². The molecule has 10 rings (SSSR count). The van der Waals surface area contributed by atoms with Gasteiger partial charge in [0, 0.05) is 23.4 Å². The van der Waals surface area contributed by atoms with Crippen molar-refractivity contribution in [3.8, 4) is 0 Å². The lowest BCUT2D eigenvalue weighted by atomic mass is 9.69. The zero-order valence-corrected chi connectivity index (χ0v) is 31.9. The Morgan fingerprint density at radius 3 is 2.44 bits per heavy atom. The molecule has 9 aliphatic rings. The van der Waals surface area contributed by atoms with Gasteiger partial charge < -0.3 is 4.90 Å². The second-order valence-corrected chi connectivity index (χ2v) is 17.1. The monoisotopic (exact) mass is 705 g/mol. The Bertz CT molecular complexity index is 2130. The molecule has 0 amide bonds. The number of fused-ring (bicyclic) bond motifs is 4. The van der Waals surface area contributed by atoms with Gasteiger partial charge in [-0.3, -0.25) is 0 Å². The smallest absolute Gasteiger partial charge is 0.0476 e. The molecular weight excluding hydrogens is 651 g/mol. The predicted octanol–water partition coefficient (Wildman–Crippen LogP) is 13.4. The van der Waals surface area contributed by atoms with E-state index < -0.39 is 0 Å². The molecule has 0 N–H and O–H groups in total. The third-order valence-electron chi connectivity index (χ3n) is 14.1. The van der Waals surface area contributed by atoms with E-state index in [0.29, 0.717) is 35.6 Å². The van der Waals surface area contributed by atoms with Crippen molar-refractivity contribution in [3.63, 3.8) is 0 Å². The Morgan fingerprint density at radius 1 is 0.667 bits per heavy atom. The summed E-state index contributed by atoms with van der Waals surface area (Å²) >= 11 is 0. The summed E-state index contributed by atoms with van der Waals surface area (Å²) in [5.41, 5.74) is 17.0. The van der Waals surface area contributed by atoms with Crippen molar-refractivity contribution in [1.82, 2.24) is 4.90 Å². The fourth-order valence-corrected chi connectivity index (χ4v) is 11.2. The van der Waals surface area contributed by atoms with Crippen LogP contribution in [0.2, 0.25) is 0 Å². The topological polar surface area (TPSA) is 3.24 Å². The summed E-state index contributed by atoms with van der Waals surface area (Å²) < 4.78 is 0. The molecule has 1 aromatic carbocycles. The van der Waals surface area contributed by atoms with Crippen LogP contribution in [0, 0.1) is 23.7 Å². The van der Waals surface area contributed by atoms with Crippen molar-refractivity contribution >= 4 is 6.08 Å². The first-order valence-electron chi connectivity index (χ1n) is 21.3. The van der Waals surface area contributed by atoms with Crippen LogP contribution < -0.4 is 0 Å². The van der Waals surface area contributed by atoms with E-state index in [9.17, 15) is 0 Å². The van der Waals surface area contributed by atoms with Gasteiger partial charge in [0.25, 0.3) is 0 Å². The van der Waals surface area contributed by atoms with Crippen LogP contribution in [0.5, 0.6) is 0 Å². The van der Waals surface area contributed by atoms with Gasteiger partial charge in [0.05, 0.1) is 0 Å². The highest BCUT2D eigenvalue weighted by atomic mass is 15.2. The first-order chi connectivity index (χ1) is 26.8. The van der Waals surface area contributed by atoms with Crippen LogP contribution in [-0.2, 0) is 6.42 Å². The predicted molar refractivity (Wildman–Crippen MR) is 227 cm³/mol. The van der Waals surface area contributed by atoms with Gasteiger partial charge in [-0.2, -0.15) is 0 Å². The van der Waals surface area contributed by atoms with Crippen molar-refractivity contribution in [2.45, 2.75) is 95.4 Å². The largest absolute Gasteiger partial charge is 0.341 e. The molecule has 1 heteroatoms. The average Bonchev–Trinajstić information content (AvgIpc) is 3.67. The second-order valence-electron chi connectivity index (χ2n) is 17.1. The van der Waals surface area contributed by atoms with Gasteiger partial charge in [-0.25, -0.2) is 0 Å². The van der Waals surface area contributed by atoms with Gasteiger partial charge in [-0.1, -0.05) is 139 Å². The molecule has 0 aromatic heterocycles. The van der Waals surface area contributed by atoms with Gasteiger partial charge in [0.2, 0.25) is 0 Å². The van der Waals surface area contributed by atoms with Crippen LogP contribution in [0.1, 0.15) is 99.7 Å². The zero-order chi connectivity index (χ0) is 35.8. The number of allylic oxidation sites excluding steroid dienone is 23. The third kappa shape index (κ3) is 6.48. The normalized spacial score (nSPS) is 29.6. The summed E-state index contributed by atoms with van der Waals surface area (Å²) in [5.74, 6) is 2.88. The van der Waals surface area contributed by atoms with Crippen molar-refractivity contribution in [2.75, 3.05) is 0 Å². The Kier molecular flexibility index (Phi) is 9.36. The zero-order valence-electron chi connectivity index (χ0n) is 31.9. The fourth-order valence-electron chi connectivity index (χ4n) is 11.2. The van der Waals surface area contributed by atoms with E-state index in [-0.39, 0.29) is 0 Å². The molecule has 6 unspecified atom stereocenters.